The molecule has 0 saturated heterocycles. The Morgan fingerprint density at radius 3 is 1.23 bits per heavy atom. The Kier molecular flexibility index (Phi) is 4.29. The van der Waals surface area contributed by atoms with E-state index < -0.39 is 0 Å². The van der Waals surface area contributed by atoms with Crippen LogP contribution in [0.1, 0.15) is 2.97 Å². The molecule has 5 heteroatoms. The van der Waals surface area contributed by atoms with Gasteiger partial charge in [-0.3, -0.25) is 0 Å². The summed E-state index contributed by atoms with van der Waals surface area (Å²) in [4.78, 5) is 19.6. The Morgan fingerprint density at radius 2 is 0.806 bits per heavy atom. The van der Waals surface area contributed by atoms with Crippen LogP contribution in [0.2, 0.25) is 0 Å². The van der Waals surface area contributed by atoms with Gasteiger partial charge < -0.3 is 6.15 Å². The lowest BCUT2D eigenvalue weighted by atomic mass is 10.0. The Hall–Kier alpha value is -4.22. The van der Waals surface area contributed by atoms with E-state index in [1.54, 1.807) is 0 Å². The van der Waals surface area contributed by atoms with Crippen molar-refractivity contribution in [3.05, 3.63) is 97.1 Å². The van der Waals surface area contributed by atoms with Crippen LogP contribution >= 0.6 is 0 Å². The minimum absolute atomic E-state index is 0. The fraction of sp³-hybridized carbons (Fsp3) is 0. The fourth-order valence-electron chi connectivity index (χ4n) is 3.77. The zero-order chi connectivity index (χ0) is 21.9. The average Bonchev–Trinajstić information content (AvgIpc) is 2.87. The van der Waals surface area contributed by atoms with E-state index >= 15 is 0 Å². The molecule has 0 fully saturated rings. The maximum absolute atomic E-state index is 5.02. The Balaban J connectivity index is 0.000000842. The van der Waals surface area contributed by atoms with Crippen LogP contribution in [0.4, 0.5) is 0 Å². The van der Waals surface area contributed by atoms with Gasteiger partial charge in [-0.05, 0) is 24.3 Å². The SMILES string of the molecule is N.[2H][3H].c1ccc(-c2nc3cc4nc5ccccc5nc4cc3nc2-c2ccccc2)cc1. The van der Waals surface area contributed by atoms with Gasteiger partial charge in [0.15, 0.2) is 0 Å². The molecule has 5 nitrogen and oxygen atoms in total. The van der Waals surface area contributed by atoms with E-state index in [0.29, 0.717) is 0 Å². The van der Waals surface area contributed by atoms with Crippen LogP contribution in [0.25, 0.3) is 55.6 Å². The number of benzene rings is 4. The van der Waals surface area contributed by atoms with Crippen molar-refractivity contribution >= 4 is 33.1 Å². The summed E-state index contributed by atoms with van der Waals surface area (Å²) in [5, 5.41) is 0. The fourth-order valence-corrected chi connectivity index (χ4v) is 3.77. The Morgan fingerprint density at radius 1 is 0.452 bits per heavy atom. The van der Waals surface area contributed by atoms with Crippen LogP contribution in [-0.2, 0) is 0 Å². The van der Waals surface area contributed by atoms with Crippen molar-refractivity contribution in [1.29, 1.82) is 0 Å². The third-order valence-corrected chi connectivity index (χ3v) is 5.22. The number of para-hydroxylation sites is 2. The van der Waals surface area contributed by atoms with Gasteiger partial charge in [-0.15, -0.1) is 0 Å². The highest BCUT2D eigenvalue weighted by Gasteiger charge is 2.14. The first-order valence-electron chi connectivity index (χ1n) is 10.8. The summed E-state index contributed by atoms with van der Waals surface area (Å²) in [7, 11) is 0. The summed E-state index contributed by atoms with van der Waals surface area (Å²) in [5.74, 6) is 0. The molecule has 0 saturated carbocycles. The van der Waals surface area contributed by atoms with E-state index in [1.165, 1.54) is 0 Å². The molecule has 4 aromatic carbocycles. The van der Waals surface area contributed by atoms with Crippen LogP contribution in [0, 0.1) is 0 Å². The van der Waals surface area contributed by atoms with Crippen molar-refractivity contribution in [2.45, 2.75) is 0 Å². The van der Waals surface area contributed by atoms with Crippen LogP contribution in [-0.4, -0.2) is 19.9 Å². The molecule has 0 aliphatic rings. The normalized spacial score (nSPS) is 11.2. The topological polar surface area (TPSA) is 86.6 Å². The third-order valence-electron chi connectivity index (χ3n) is 5.22. The Labute approximate surface area is 182 Å². The van der Waals surface area contributed by atoms with Crippen molar-refractivity contribution in [2.24, 2.45) is 0 Å². The van der Waals surface area contributed by atoms with Gasteiger partial charge in [0.1, 0.15) is 0 Å². The molecule has 3 N–H and O–H groups in total. The summed E-state index contributed by atoms with van der Waals surface area (Å²) in [6, 6.07) is 32.2. The predicted molar refractivity (Wildman–Crippen MR) is 128 cm³/mol. The van der Waals surface area contributed by atoms with Gasteiger partial charge >= 0.3 is 0 Å². The standard InChI is InChI=1S/C26H16N4.H3N.H2/c1-3-9-17(10-4-1)25-26(18-11-5-2-6-12-18)30-24-16-22-21(15-23(24)29-25)27-19-13-7-8-14-20(19)28-22;;/h1-16H;1H3;1H/i;;1+2D. The lowest BCUT2D eigenvalue weighted by Gasteiger charge is -2.11. The highest BCUT2D eigenvalue weighted by atomic mass is 14.9. The second-order valence-electron chi connectivity index (χ2n) is 7.19. The molecule has 150 valence electrons. The van der Waals surface area contributed by atoms with Gasteiger partial charge in [-0.1, -0.05) is 72.8 Å². The number of hydrogen-bond acceptors (Lipinski definition) is 5. The van der Waals surface area contributed by atoms with E-state index in [2.05, 4.69) is 24.3 Å². The maximum Gasteiger partial charge on any atom is 0.0973 e. The minimum atomic E-state index is 0. The molecule has 0 radical (unpaired) electrons. The third kappa shape index (κ3) is 3.27. The van der Waals surface area contributed by atoms with Gasteiger partial charge in [0.2, 0.25) is 0 Å². The van der Waals surface area contributed by atoms with Gasteiger partial charge in [-0.2, -0.15) is 0 Å². The molecule has 0 aliphatic carbocycles. The van der Waals surface area contributed by atoms with Crippen molar-refractivity contribution in [1.82, 2.24) is 26.1 Å². The van der Waals surface area contributed by atoms with Gasteiger partial charge in [0.05, 0.1) is 44.5 Å². The summed E-state index contributed by atoms with van der Waals surface area (Å²) in [6.45, 7) is 0. The molecule has 2 heterocycles. The van der Waals surface area contributed by atoms with E-state index in [9.17, 15) is 0 Å². The number of fused-ring (bicyclic) bond motifs is 3. The highest BCUT2D eigenvalue weighted by Crippen LogP contribution is 2.32. The number of hydrogen-bond donors (Lipinski definition) is 1. The molecule has 0 atom stereocenters. The smallest absolute Gasteiger partial charge is 0.0973 e. The van der Waals surface area contributed by atoms with E-state index in [1.807, 2.05) is 72.8 Å². The minimum Gasteiger partial charge on any atom is -0.344 e. The molecular formula is C26H21N5. The first-order chi connectivity index (χ1) is 15.8. The first kappa shape index (κ1) is 17.6. The molecule has 0 aliphatic heterocycles. The van der Waals surface area contributed by atoms with Gasteiger partial charge in [-0.25, -0.2) is 19.9 Å². The summed E-state index contributed by atoms with van der Waals surface area (Å²) < 4.78 is 10.0. The zero-order valence-electron chi connectivity index (χ0n) is 18.7. The van der Waals surface area contributed by atoms with Crippen LogP contribution in [0.5, 0.6) is 0 Å². The molecule has 0 amide bonds. The quantitative estimate of drug-likeness (QED) is 0.333. The molecule has 2 aromatic heterocycles. The molecule has 0 spiro atoms. The molecule has 6 rings (SSSR count). The van der Waals surface area contributed by atoms with Crippen LogP contribution < -0.4 is 6.15 Å². The number of aromatic nitrogens is 4. The van der Waals surface area contributed by atoms with E-state index in [-0.39, 0.29) is 6.15 Å². The lowest BCUT2D eigenvalue weighted by molar-refractivity contribution is 1.29. The zero-order valence-corrected chi connectivity index (χ0v) is 16.7. The Bertz CT molecular complexity index is 1420. The monoisotopic (exact) mass is 406 g/mol. The lowest BCUT2D eigenvalue weighted by Crippen LogP contribution is -1.96. The second kappa shape index (κ2) is 7.55. The van der Waals surface area contributed by atoms with Crippen molar-refractivity contribution in [3.63, 3.8) is 0 Å². The molecule has 6 aromatic rings. The molecular weight excluding hydrogens is 382 g/mol. The highest BCUT2D eigenvalue weighted by molar-refractivity contribution is 5.96. The van der Waals surface area contributed by atoms with Crippen LogP contribution in [0.3, 0.4) is 0 Å². The van der Waals surface area contributed by atoms with Crippen molar-refractivity contribution in [3.8, 4) is 22.5 Å². The number of nitrogens with zero attached hydrogens (tertiary/aromatic N) is 4. The maximum atomic E-state index is 5.02. The number of rotatable bonds is 2. The largest absolute Gasteiger partial charge is 0.344 e. The predicted octanol–water partition coefficient (Wildman–Crippen LogP) is 6.47. The summed E-state index contributed by atoms with van der Waals surface area (Å²) in [6.07, 6.45) is 0. The van der Waals surface area contributed by atoms with Crippen molar-refractivity contribution in [2.75, 3.05) is 0 Å². The first-order valence-corrected chi connectivity index (χ1v) is 9.84. The molecule has 31 heavy (non-hydrogen) atoms. The van der Waals surface area contributed by atoms with E-state index in [4.69, 9.17) is 22.9 Å². The van der Waals surface area contributed by atoms with Crippen LogP contribution in [0.15, 0.2) is 97.1 Å². The second-order valence-corrected chi connectivity index (χ2v) is 7.19. The summed E-state index contributed by atoms with van der Waals surface area (Å²) in [5.41, 5.74) is 8.82. The van der Waals surface area contributed by atoms with Crippen molar-refractivity contribution < 1.29 is 2.97 Å². The average molecular weight is 407 g/mol. The van der Waals surface area contributed by atoms with E-state index in [0.717, 1.165) is 55.6 Å². The van der Waals surface area contributed by atoms with Gasteiger partial charge in [0.25, 0.3) is 0 Å². The summed E-state index contributed by atoms with van der Waals surface area (Å²) >= 11 is 0. The van der Waals surface area contributed by atoms with Gasteiger partial charge in [0, 0.05) is 14.1 Å². The molecule has 0 unspecified atom stereocenters. The molecule has 0 bridgehead atoms.